The van der Waals surface area contributed by atoms with Crippen molar-refractivity contribution in [2.24, 2.45) is 0 Å². The molecule has 0 spiro atoms. The maximum absolute atomic E-state index is 12.2. The van der Waals surface area contributed by atoms with Crippen LogP contribution in [0.4, 0.5) is 0 Å². The summed E-state index contributed by atoms with van der Waals surface area (Å²) in [5.74, 6) is 5.82. The molecule has 0 aliphatic heterocycles. The van der Waals surface area contributed by atoms with Crippen LogP contribution in [0.2, 0.25) is 0 Å². The van der Waals surface area contributed by atoms with Crippen molar-refractivity contribution in [3.8, 4) is 11.8 Å². The van der Waals surface area contributed by atoms with Crippen molar-refractivity contribution >= 4 is 21.8 Å². The second-order valence-electron chi connectivity index (χ2n) is 4.05. The van der Waals surface area contributed by atoms with Crippen LogP contribution >= 0.6 is 11.8 Å². The summed E-state index contributed by atoms with van der Waals surface area (Å²) in [6.45, 7) is 1.66. The standard InChI is InChI=1S/C13H18N2O3S2/c1-3-12(10-19-2)15-20(17,18)13-7-11(5-4-6-16)8-14-9-13/h7-9,12,15-16H,3,6,10H2,1-2H3. The van der Waals surface area contributed by atoms with Crippen molar-refractivity contribution in [1.82, 2.24) is 9.71 Å². The highest BCUT2D eigenvalue weighted by Crippen LogP contribution is 2.11. The van der Waals surface area contributed by atoms with Gasteiger partial charge in [0.05, 0.1) is 0 Å². The van der Waals surface area contributed by atoms with E-state index in [0.29, 0.717) is 11.3 Å². The Labute approximate surface area is 124 Å². The van der Waals surface area contributed by atoms with E-state index in [2.05, 4.69) is 21.5 Å². The van der Waals surface area contributed by atoms with Crippen LogP contribution in [0.5, 0.6) is 0 Å². The van der Waals surface area contributed by atoms with Gasteiger partial charge < -0.3 is 5.11 Å². The van der Waals surface area contributed by atoms with Crippen molar-refractivity contribution in [1.29, 1.82) is 0 Å². The average molecular weight is 314 g/mol. The quantitative estimate of drug-likeness (QED) is 0.761. The zero-order valence-electron chi connectivity index (χ0n) is 11.5. The minimum absolute atomic E-state index is 0.0850. The zero-order valence-corrected chi connectivity index (χ0v) is 13.1. The number of aliphatic hydroxyl groups is 1. The van der Waals surface area contributed by atoms with Crippen LogP contribution in [0, 0.1) is 11.8 Å². The van der Waals surface area contributed by atoms with Gasteiger partial charge in [0.25, 0.3) is 0 Å². The molecular weight excluding hydrogens is 296 g/mol. The number of nitrogens with one attached hydrogen (secondary N) is 1. The minimum Gasteiger partial charge on any atom is -0.384 e. The Kier molecular flexibility index (Phi) is 7.02. The second-order valence-corrected chi connectivity index (χ2v) is 6.68. The van der Waals surface area contributed by atoms with Crippen LogP contribution < -0.4 is 4.72 Å². The fourth-order valence-corrected chi connectivity index (χ4v) is 3.63. The van der Waals surface area contributed by atoms with E-state index in [1.807, 2.05) is 13.2 Å². The molecule has 1 rings (SSSR count). The van der Waals surface area contributed by atoms with Gasteiger partial charge in [-0.05, 0) is 18.7 Å². The number of rotatable bonds is 6. The molecule has 2 N–H and O–H groups in total. The third-order valence-corrected chi connectivity index (χ3v) is 4.74. The van der Waals surface area contributed by atoms with Crippen molar-refractivity contribution in [2.75, 3.05) is 18.6 Å². The Hall–Kier alpha value is -1.07. The van der Waals surface area contributed by atoms with E-state index in [1.165, 1.54) is 18.5 Å². The number of thioether (sulfide) groups is 1. The summed E-state index contributed by atoms with van der Waals surface area (Å²) >= 11 is 1.59. The Morgan fingerprint density at radius 2 is 2.25 bits per heavy atom. The van der Waals surface area contributed by atoms with E-state index >= 15 is 0 Å². The van der Waals surface area contributed by atoms with E-state index in [0.717, 1.165) is 6.42 Å². The number of aromatic nitrogens is 1. The lowest BCUT2D eigenvalue weighted by molar-refractivity contribution is 0.350. The van der Waals surface area contributed by atoms with Gasteiger partial charge in [-0.1, -0.05) is 18.8 Å². The SMILES string of the molecule is CCC(CSC)NS(=O)(=O)c1cncc(C#CCO)c1. The summed E-state index contributed by atoms with van der Waals surface area (Å²) in [7, 11) is -3.60. The van der Waals surface area contributed by atoms with Crippen LogP contribution in [-0.2, 0) is 10.0 Å². The highest BCUT2D eigenvalue weighted by Gasteiger charge is 2.19. The summed E-state index contributed by atoms with van der Waals surface area (Å²) in [5, 5.41) is 8.64. The number of pyridine rings is 1. The topological polar surface area (TPSA) is 79.3 Å². The van der Waals surface area contributed by atoms with E-state index in [9.17, 15) is 8.42 Å². The summed E-state index contributed by atoms with van der Waals surface area (Å²) < 4.78 is 27.1. The summed E-state index contributed by atoms with van der Waals surface area (Å²) in [6, 6.07) is 1.34. The molecule has 5 nitrogen and oxygen atoms in total. The molecule has 0 aliphatic carbocycles. The highest BCUT2D eigenvalue weighted by molar-refractivity contribution is 7.98. The Morgan fingerprint density at radius 1 is 1.50 bits per heavy atom. The Balaban J connectivity index is 2.97. The molecular formula is C13H18N2O3S2. The summed E-state index contributed by atoms with van der Waals surface area (Å²) in [4.78, 5) is 3.96. The normalized spacial score (nSPS) is 12.6. The molecule has 0 saturated carbocycles. The van der Waals surface area contributed by atoms with Crippen LogP contribution in [-0.4, -0.2) is 43.2 Å². The molecule has 0 amide bonds. The molecule has 0 bridgehead atoms. The van der Waals surface area contributed by atoms with Gasteiger partial charge in [0, 0.05) is 29.8 Å². The maximum atomic E-state index is 12.2. The highest BCUT2D eigenvalue weighted by atomic mass is 32.2. The maximum Gasteiger partial charge on any atom is 0.242 e. The van der Waals surface area contributed by atoms with E-state index < -0.39 is 10.0 Å². The van der Waals surface area contributed by atoms with Crippen molar-refractivity contribution in [3.63, 3.8) is 0 Å². The molecule has 1 heterocycles. The molecule has 1 atom stereocenters. The lowest BCUT2D eigenvalue weighted by Crippen LogP contribution is -2.36. The van der Waals surface area contributed by atoms with Gasteiger partial charge in [-0.25, -0.2) is 13.1 Å². The molecule has 7 heteroatoms. The van der Waals surface area contributed by atoms with Gasteiger partial charge in [-0.3, -0.25) is 4.98 Å². The number of hydrogen-bond acceptors (Lipinski definition) is 5. The molecule has 1 aromatic rings. The predicted octanol–water partition coefficient (Wildman–Crippen LogP) is 0.845. The van der Waals surface area contributed by atoms with Crippen molar-refractivity contribution < 1.29 is 13.5 Å². The van der Waals surface area contributed by atoms with Gasteiger partial charge in [0.15, 0.2) is 0 Å². The smallest absolute Gasteiger partial charge is 0.242 e. The first-order valence-electron chi connectivity index (χ1n) is 6.09. The first kappa shape index (κ1) is 17.0. The lowest BCUT2D eigenvalue weighted by Gasteiger charge is -2.15. The van der Waals surface area contributed by atoms with Gasteiger partial charge in [-0.15, -0.1) is 0 Å². The fourth-order valence-electron chi connectivity index (χ4n) is 1.50. The largest absolute Gasteiger partial charge is 0.384 e. The molecule has 0 radical (unpaired) electrons. The monoisotopic (exact) mass is 314 g/mol. The van der Waals surface area contributed by atoms with Gasteiger partial charge in [0.2, 0.25) is 10.0 Å². The van der Waals surface area contributed by atoms with E-state index in [1.54, 1.807) is 11.8 Å². The summed E-state index contributed by atoms with van der Waals surface area (Å²) in [5.41, 5.74) is 0.458. The van der Waals surface area contributed by atoms with Gasteiger partial charge >= 0.3 is 0 Å². The Bertz CT molecular complexity index is 591. The predicted molar refractivity (Wildman–Crippen MR) is 81.0 cm³/mol. The van der Waals surface area contributed by atoms with E-state index in [-0.39, 0.29) is 17.5 Å². The van der Waals surface area contributed by atoms with Crippen LogP contribution in [0.3, 0.4) is 0 Å². The first-order chi connectivity index (χ1) is 9.53. The molecule has 20 heavy (non-hydrogen) atoms. The Morgan fingerprint density at radius 3 is 2.85 bits per heavy atom. The van der Waals surface area contributed by atoms with Crippen molar-refractivity contribution in [2.45, 2.75) is 24.3 Å². The van der Waals surface area contributed by atoms with Crippen LogP contribution in [0.15, 0.2) is 23.4 Å². The van der Waals surface area contributed by atoms with Crippen LogP contribution in [0.1, 0.15) is 18.9 Å². The average Bonchev–Trinajstić information content (AvgIpc) is 2.44. The third kappa shape index (κ3) is 5.13. The lowest BCUT2D eigenvalue weighted by atomic mass is 10.3. The molecule has 0 fully saturated rings. The minimum atomic E-state index is -3.60. The zero-order chi connectivity index (χ0) is 15.0. The fraction of sp³-hybridized carbons (Fsp3) is 0.462. The molecule has 1 unspecified atom stereocenters. The van der Waals surface area contributed by atoms with E-state index in [4.69, 9.17) is 5.11 Å². The number of hydrogen-bond donors (Lipinski definition) is 2. The second kappa shape index (κ2) is 8.27. The summed E-state index contributed by atoms with van der Waals surface area (Å²) in [6.07, 6.45) is 5.40. The number of sulfonamides is 1. The molecule has 110 valence electrons. The van der Waals surface area contributed by atoms with Crippen LogP contribution in [0.25, 0.3) is 0 Å². The van der Waals surface area contributed by atoms with Crippen molar-refractivity contribution in [3.05, 3.63) is 24.0 Å². The van der Waals surface area contributed by atoms with Gasteiger partial charge in [0.1, 0.15) is 11.5 Å². The first-order valence-corrected chi connectivity index (χ1v) is 8.97. The molecule has 0 aromatic carbocycles. The molecule has 0 saturated heterocycles. The number of aliphatic hydroxyl groups excluding tert-OH is 1. The number of nitrogens with zero attached hydrogens (tertiary/aromatic N) is 1. The van der Waals surface area contributed by atoms with Gasteiger partial charge in [-0.2, -0.15) is 11.8 Å². The molecule has 0 aliphatic rings. The molecule has 1 aromatic heterocycles. The third-order valence-electron chi connectivity index (χ3n) is 2.52.